The van der Waals surface area contributed by atoms with Crippen LogP contribution >= 0.6 is 0 Å². The van der Waals surface area contributed by atoms with Crippen LogP contribution in [0.2, 0.25) is 13.1 Å². The molecule has 3 rings (SSSR count). The third kappa shape index (κ3) is 2.64. The van der Waals surface area contributed by atoms with Gasteiger partial charge in [-0.25, -0.2) is 0 Å². The predicted octanol–water partition coefficient (Wildman–Crippen LogP) is 4.71. The first-order chi connectivity index (χ1) is 9.28. The van der Waals surface area contributed by atoms with Crippen molar-refractivity contribution in [1.29, 1.82) is 0 Å². The first-order valence-electron chi connectivity index (χ1n) is 7.88. The summed E-state index contributed by atoms with van der Waals surface area (Å²) in [6.45, 7) is 11.9. The minimum Gasteiger partial charge on any atom is -0.332 e. The zero-order valence-electron chi connectivity index (χ0n) is 13.5. The molecule has 20 heavy (non-hydrogen) atoms. The lowest BCUT2D eigenvalue weighted by atomic mass is 10.1. The molecule has 0 aromatic heterocycles. The second-order valence-corrected chi connectivity index (χ2v) is 12.3. The summed E-state index contributed by atoms with van der Waals surface area (Å²) >= 11 is 0. The summed E-state index contributed by atoms with van der Waals surface area (Å²) < 4.78 is 0. The molecule has 0 bridgehead atoms. The summed E-state index contributed by atoms with van der Waals surface area (Å²) in [7, 11) is -1.56. The van der Waals surface area contributed by atoms with Crippen LogP contribution in [0.5, 0.6) is 0 Å². The minimum absolute atomic E-state index is 0.196. The molecule has 1 nitrogen and oxygen atoms in total. The second kappa shape index (κ2) is 4.57. The third-order valence-corrected chi connectivity index (χ3v) is 7.91. The molecule has 1 saturated carbocycles. The van der Waals surface area contributed by atoms with Crippen LogP contribution in [0.15, 0.2) is 29.8 Å². The number of allylic oxidation sites excluding steroid dienone is 1. The van der Waals surface area contributed by atoms with Gasteiger partial charge >= 0.3 is 0 Å². The fraction of sp³-hybridized carbons (Fsp3) is 0.556. The molecular formula is C18H27NSi. The summed E-state index contributed by atoms with van der Waals surface area (Å²) in [6.07, 6.45) is 5.30. The molecule has 0 aliphatic heterocycles. The van der Waals surface area contributed by atoms with Crippen LogP contribution in [0.4, 0.5) is 0 Å². The van der Waals surface area contributed by atoms with Crippen molar-refractivity contribution >= 4 is 14.3 Å². The Morgan fingerprint density at radius 3 is 2.35 bits per heavy atom. The lowest BCUT2D eigenvalue weighted by Gasteiger charge is -2.39. The number of hydrogen-bond donors (Lipinski definition) is 1. The quantitative estimate of drug-likeness (QED) is 0.793. The number of rotatable bonds is 3. The smallest absolute Gasteiger partial charge is 0.131 e. The number of benzene rings is 1. The van der Waals surface area contributed by atoms with Crippen molar-refractivity contribution in [2.24, 2.45) is 5.92 Å². The fourth-order valence-corrected chi connectivity index (χ4v) is 8.23. The highest BCUT2D eigenvalue weighted by Crippen LogP contribution is 2.51. The zero-order chi connectivity index (χ0) is 14.5. The standard InChI is InChI=1S/C18H27NSi/c1-18(2,3)19-20(4,5)17-15-9-7-6-8-14(15)12-16(17)13-10-11-13/h6-9,12-13,17,19H,10-11H2,1-5H3. The van der Waals surface area contributed by atoms with Crippen LogP contribution < -0.4 is 4.98 Å². The molecule has 0 amide bonds. The highest BCUT2D eigenvalue weighted by atomic mass is 28.3. The van der Waals surface area contributed by atoms with E-state index < -0.39 is 8.24 Å². The number of nitrogens with one attached hydrogen (secondary N) is 1. The van der Waals surface area contributed by atoms with E-state index >= 15 is 0 Å². The SMILES string of the molecule is CC(C)(C)N[Si](C)(C)C1C(C2CC2)=Cc2ccccc21. The van der Waals surface area contributed by atoms with E-state index in [2.05, 4.69) is 69.2 Å². The lowest BCUT2D eigenvalue weighted by Crippen LogP contribution is -2.58. The van der Waals surface area contributed by atoms with Crippen LogP contribution in [0.1, 0.15) is 50.3 Å². The molecule has 108 valence electrons. The van der Waals surface area contributed by atoms with E-state index in [1.54, 1.807) is 11.1 Å². The molecular weight excluding hydrogens is 258 g/mol. The Balaban J connectivity index is 1.99. The summed E-state index contributed by atoms with van der Waals surface area (Å²) in [5, 5.41) is 0. The summed E-state index contributed by atoms with van der Waals surface area (Å²) in [4.78, 5) is 3.99. The van der Waals surface area contributed by atoms with Gasteiger partial charge in [-0.1, -0.05) is 49.0 Å². The average Bonchev–Trinajstić information content (AvgIpc) is 3.05. The second-order valence-electron chi connectivity index (χ2n) is 8.08. The Labute approximate surface area is 124 Å². The van der Waals surface area contributed by atoms with E-state index in [1.165, 1.54) is 18.4 Å². The van der Waals surface area contributed by atoms with Gasteiger partial charge in [0.25, 0.3) is 0 Å². The van der Waals surface area contributed by atoms with Crippen LogP contribution in [0.25, 0.3) is 6.08 Å². The normalized spacial score (nSPS) is 22.6. The topological polar surface area (TPSA) is 12.0 Å². The van der Waals surface area contributed by atoms with E-state index in [4.69, 9.17) is 0 Å². The molecule has 1 fully saturated rings. The van der Waals surface area contributed by atoms with Gasteiger partial charge in [0.15, 0.2) is 0 Å². The first-order valence-corrected chi connectivity index (χ1v) is 11.0. The Hall–Kier alpha value is -0.863. The maximum Gasteiger partial charge on any atom is 0.131 e. The molecule has 2 aliphatic carbocycles. The van der Waals surface area contributed by atoms with Crippen LogP contribution in [0.3, 0.4) is 0 Å². The van der Waals surface area contributed by atoms with E-state index in [-0.39, 0.29) is 5.54 Å². The Kier molecular flexibility index (Phi) is 3.22. The van der Waals surface area contributed by atoms with Gasteiger partial charge in [0, 0.05) is 11.1 Å². The van der Waals surface area contributed by atoms with Gasteiger partial charge in [0.05, 0.1) is 0 Å². The van der Waals surface area contributed by atoms with Crippen LogP contribution in [0, 0.1) is 5.92 Å². The molecule has 0 radical (unpaired) electrons. The highest BCUT2D eigenvalue weighted by Gasteiger charge is 2.45. The van der Waals surface area contributed by atoms with Crippen molar-refractivity contribution in [3.8, 4) is 0 Å². The minimum atomic E-state index is -1.56. The van der Waals surface area contributed by atoms with E-state index in [0.29, 0.717) is 5.54 Å². The lowest BCUT2D eigenvalue weighted by molar-refractivity contribution is 0.507. The van der Waals surface area contributed by atoms with Gasteiger partial charge in [-0.05, 0) is 50.7 Å². The summed E-state index contributed by atoms with van der Waals surface area (Å²) in [6, 6.07) is 9.02. The predicted molar refractivity (Wildman–Crippen MR) is 90.3 cm³/mol. The van der Waals surface area contributed by atoms with E-state index in [1.807, 2.05) is 0 Å². The third-order valence-electron chi connectivity index (χ3n) is 4.43. The molecule has 2 aliphatic rings. The van der Waals surface area contributed by atoms with Gasteiger partial charge in [-0.3, -0.25) is 0 Å². The maximum absolute atomic E-state index is 3.99. The summed E-state index contributed by atoms with van der Waals surface area (Å²) in [5.74, 6) is 0.862. The van der Waals surface area contributed by atoms with Crippen LogP contribution in [-0.4, -0.2) is 13.8 Å². The molecule has 0 heterocycles. The average molecular weight is 286 g/mol. The van der Waals surface area contributed by atoms with Gasteiger partial charge in [0.1, 0.15) is 8.24 Å². The van der Waals surface area contributed by atoms with E-state index in [9.17, 15) is 0 Å². The van der Waals surface area contributed by atoms with Crippen molar-refractivity contribution in [1.82, 2.24) is 4.98 Å². The Morgan fingerprint density at radius 2 is 1.75 bits per heavy atom. The number of hydrogen-bond acceptors (Lipinski definition) is 1. The van der Waals surface area contributed by atoms with Gasteiger partial charge in [0.2, 0.25) is 0 Å². The monoisotopic (exact) mass is 285 g/mol. The Bertz CT molecular complexity index is 547. The molecule has 1 aromatic rings. The number of fused-ring (bicyclic) bond motifs is 1. The van der Waals surface area contributed by atoms with Crippen molar-refractivity contribution in [3.63, 3.8) is 0 Å². The largest absolute Gasteiger partial charge is 0.332 e. The maximum atomic E-state index is 3.99. The van der Waals surface area contributed by atoms with Gasteiger partial charge in [-0.2, -0.15) is 0 Å². The summed E-state index contributed by atoms with van der Waals surface area (Å²) in [5.41, 5.74) is 5.62. The van der Waals surface area contributed by atoms with Gasteiger partial charge in [-0.15, -0.1) is 0 Å². The molecule has 0 spiro atoms. The highest BCUT2D eigenvalue weighted by molar-refractivity contribution is 6.77. The van der Waals surface area contributed by atoms with Crippen LogP contribution in [-0.2, 0) is 0 Å². The molecule has 1 atom stereocenters. The molecule has 0 saturated heterocycles. The molecule has 1 N–H and O–H groups in total. The zero-order valence-corrected chi connectivity index (χ0v) is 14.5. The van der Waals surface area contributed by atoms with Crippen molar-refractivity contribution in [3.05, 3.63) is 41.0 Å². The Morgan fingerprint density at radius 1 is 1.10 bits per heavy atom. The van der Waals surface area contributed by atoms with Gasteiger partial charge < -0.3 is 4.98 Å². The van der Waals surface area contributed by atoms with E-state index in [0.717, 1.165) is 5.92 Å². The molecule has 2 heteroatoms. The van der Waals surface area contributed by atoms with Crippen molar-refractivity contribution < 1.29 is 0 Å². The first kappa shape index (κ1) is 14.1. The van der Waals surface area contributed by atoms with Crippen molar-refractivity contribution in [2.45, 2.75) is 57.8 Å². The molecule has 1 unspecified atom stereocenters. The van der Waals surface area contributed by atoms with Crippen molar-refractivity contribution in [2.75, 3.05) is 0 Å². The fourth-order valence-electron chi connectivity index (χ4n) is 3.96. The molecule has 1 aromatic carbocycles.